The summed E-state index contributed by atoms with van der Waals surface area (Å²) in [7, 11) is 0. The van der Waals surface area contributed by atoms with Crippen molar-refractivity contribution in [3.63, 3.8) is 0 Å². The third-order valence-corrected chi connectivity index (χ3v) is 3.00. The van der Waals surface area contributed by atoms with Crippen molar-refractivity contribution < 1.29 is 4.79 Å². The molecule has 0 spiro atoms. The minimum absolute atomic E-state index is 0.268. The van der Waals surface area contributed by atoms with Crippen molar-refractivity contribution in [3.05, 3.63) is 53.1 Å². The van der Waals surface area contributed by atoms with Gasteiger partial charge in [0.15, 0.2) is 0 Å². The van der Waals surface area contributed by atoms with Crippen LogP contribution in [0.1, 0.15) is 27.4 Å². The van der Waals surface area contributed by atoms with Gasteiger partial charge in [0.25, 0.3) is 5.91 Å². The summed E-state index contributed by atoms with van der Waals surface area (Å²) in [6.45, 7) is 4.51. The highest BCUT2D eigenvalue weighted by Gasteiger charge is 2.14. The number of aryl methyl sites for hydroxylation is 1. The first-order valence-corrected chi connectivity index (χ1v) is 5.71. The Hall–Kier alpha value is -2.14. The van der Waals surface area contributed by atoms with E-state index in [0.29, 0.717) is 12.1 Å². The number of pyridine rings is 1. The molecule has 5 heteroatoms. The molecule has 0 unspecified atom stereocenters. The van der Waals surface area contributed by atoms with Gasteiger partial charge < -0.3 is 4.57 Å². The van der Waals surface area contributed by atoms with Crippen LogP contribution in [0.3, 0.4) is 0 Å². The van der Waals surface area contributed by atoms with Gasteiger partial charge in [-0.15, -0.1) is 0 Å². The number of nitrogen functional groups attached to an aromatic ring is 1. The summed E-state index contributed by atoms with van der Waals surface area (Å²) in [6, 6.07) is 7.62. The number of nitrogens with zero attached hydrogens (tertiary/aromatic N) is 2. The zero-order valence-electron chi connectivity index (χ0n) is 10.5. The lowest BCUT2D eigenvalue weighted by Gasteiger charge is -2.09. The predicted octanol–water partition coefficient (Wildman–Crippen LogP) is 1.15. The Morgan fingerprint density at radius 3 is 2.83 bits per heavy atom. The van der Waals surface area contributed by atoms with Crippen molar-refractivity contribution in [1.82, 2.24) is 15.0 Å². The molecule has 0 aliphatic heterocycles. The van der Waals surface area contributed by atoms with Crippen LogP contribution < -0.4 is 11.3 Å². The molecule has 3 N–H and O–H groups in total. The number of hydrazine groups is 1. The zero-order chi connectivity index (χ0) is 13.1. The van der Waals surface area contributed by atoms with Crippen LogP contribution in [0.25, 0.3) is 0 Å². The fourth-order valence-corrected chi connectivity index (χ4v) is 2.01. The van der Waals surface area contributed by atoms with Crippen LogP contribution in [-0.2, 0) is 6.54 Å². The molecule has 2 rings (SSSR count). The second kappa shape index (κ2) is 5.01. The Morgan fingerprint density at radius 2 is 2.22 bits per heavy atom. The molecule has 0 saturated heterocycles. The van der Waals surface area contributed by atoms with Crippen molar-refractivity contribution >= 4 is 5.91 Å². The second-order valence-electron chi connectivity index (χ2n) is 4.17. The van der Waals surface area contributed by atoms with Gasteiger partial charge in [0.05, 0.1) is 17.8 Å². The Labute approximate surface area is 106 Å². The van der Waals surface area contributed by atoms with E-state index in [4.69, 9.17) is 5.84 Å². The van der Waals surface area contributed by atoms with E-state index < -0.39 is 0 Å². The Kier molecular flexibility index (Phi) is 3.43. The van der Waals surface area contributed by atoms with Crippen LogP contribution in [0.2, 0.25) is 0 Å². The Balaban J connectivity index is 2.34. The first kappa shape index (κ1) is 12.3. The molecule has 18 heavy (non-hydrogen) atoms. The van der Waals surface area contributed by atoms with E-state index in [1.54, 1.807) is 6.20 Å². The molecule has 0 atom stereocenters. The summed E-state index contributed by atoms with van der Waals surface area (Å²) >= 11 is 0. The van der Waals surface area contributed by atoms with E-state index in [0.717, 1.165) is 17.1 Å². The lowest BCUT2D eigenvalue weighted by molar-refractivity contribution is 0.0953. The monoisotopic (exact) mass is 244 g/mol. The van der Waals surface area contributed by atoms with Crippen LogP contribution in [0.15, 0.2) is 30.5 Å². The lowest BCUT2D eigenvalue weighted by Crippen LogP contribution is -2.30. The van der Waals surface area contributed by atoms with Gasteiger partial charge in [-0.05, 0) is 32.0 Å². The number of rotatable bonds is 3. The minimum Gasteiger partial charge on any atom is -0.342 e. The van der Waals surface area contributed by atoms with Crippen molar-refractivity contribution in [2.75, 3.05) is 0 Å². The normalized spacial score (nSPS) is 10.4. The molecule has 0 aliphatic carbocycles. The van der Waals surface area contributed by atoms with Crippen molar-refractivity contribution in [2.24, 2.45) is 5.84 Å². The second-order valence-corrected chi connectivity index (χ2v) is 4.17. The summed E-state index contributed by atoms with van der Waals surface area (Å²) in [5.41, 5.74) is 5.62. The molecule has 94 valence electrons. The Bertz CT molecular complexity index is 560. The van der Waals surface area contributed by atoms with Crippen LogP contribution >= 0.6 is 0 Å². The summed E-state index contributed by atoms with van der Waals surface area (Å²) in [5, 5.41) is 0. The van der Waals surface area contributed by atoms with E-state index in [2.05, 4.69) is 10.4 Å². The van der Waals surface area contributed by atoms with Crippen molar-refractivity contribution in [3.8, 4) is 0 Å². The van der Waals surface area contributed by atoms with E-state index in [1.165, 1.54) is 0 Å². The highest BCUT2D eigenvalue weighted by Crippen LogP contribution is 2.16. The summed E-state index contributed by atoms with van der Waals surface area (Å²) < 4.78 is 2.05. The molecule has 2 aromatic heterocycles. The third kappa shape index (κ3) is 2.26. The number of hydrogen-bond acceptors (Lipinski definition) is 3. The maximum Gasteiger partial charge on any atom is 0.267 e. The number of carbonyl (C=O) groups is 1. The molecule has 5 nitrogen and oxygen atoms in total. The number of hydrogen-bond donors (Lipinski definition) is 2. The molecule has 0 radical (unpaired) electrons. The van der Waals surface area contributed by atoms with Gasteiger partial charge in [0, 0.05) is 17.6 Å². The largest absolute Gasteiger partial charge is 0.342 e. The van der Waals surface area contributed by atoms with Crippen LogP contribution in [0.5, 0.6) is 0 Å². The van der Waals surface area contributed by atoms with Crippen LogP contribution in [0.4, 0.5) is 0 Å². The van der Waals surface area contributed by atoms with E-state index in [1.807, 2.05) is 42.7 Å². The third-order valence-electron chi connectivity index (χ3n) is 3.00. The van der Waals surface area contributed by atoms with Gasteiger partial charge in [0.2, 0.25) is 0 Å². The minimum atomic E-state index is -0.268. The fourth-order valence-electron chi connectivity index (χ4n) is 2.01. The van der Waals surface area contributed by atoms with Crippen LogP contribution in [-0.4, -0.2) is 15.5 Å². The topological polar surface area (TPSA) is 72.9 Å². The predicted molar refractivity (Wildman–Crippen MR) is 68.9 cm³/mol. The number of carbonyl (C=O) groups excluding carboxylic acids is 1. The Morgan fingerprint density at radius 1 is 1.44 bits per heavy atom. The van der Waals surface area contributed by atoms with Crippen molar-refractivity contribution in [1.29, 1.82) is 0 Å². The van der Waals surface area contributed by atoms with Gasteiger partial charge in [-0.25, -0.2) is 5.84 Å². The number of nitrogens with two attached hydrogens (primary N) is 1. The van der Waals surface area contributed by atoms with E-state index >= 15 is 0 Å². The van der Waals surface area contributed by atoms with E-state index in [-0.39, 0.29) is 5.91 Å². The molecular weight excluding hydrogens is 228 g/mol. The van der Waals surface area contributed by atoms with Gasteiger partial charge in [-0.2, -0.15) is 0 Å². The fraction of sp³-hybridized carbons (Fsp3) is 0.231. The first-order chi connectivity index (χ1) is 8.63. The molecule has 0 aliphatic rings. The maximum atomic E-state index is 11.6. The average molecular weight is 244 g/mol. The molecule has 2 aromatic rings. The molecule has 0 fully saturated rings. The quantitative estimate of drug-likeness (QED) is 0.483. The number of aromatic nitrogens is 2. The first-order valence-electron chi connectivity index (χ1n) is 5.71. The van der Waals surface area contributed by atoms with Gasteiger partial charge in [-0.1, -0.05) is 6.07 Å². The van der Waals surface area contributed by atoms with Gasteiger partial charge in [-0.3, -0.25) is 15.2 Å². The standard InChI is InChI=1S/C13H16N4O/c1-9-7-12(13(18)16-14)10(2)17(9)8-11-5-3-4-6-15-11/h3-7H,8,14H2,1-2H3,(H,16,18). The molecule has 1 amide bonds. The maximum absolute atomic E-state index is 11.6. The zero-order valence-corrected chi connectivity index (χ0v) is 10.5. The molecule has 0 aromatic carbocycles. The molecule has 0 saturated carbocycles. The van der Waals surface area contributed by atoms with Crippen molar-refractivity contribution in [2.45, 2.75) is 20.4 Å². The summed E-state index contributed by atoms with van der Waals surface area (Å²) in [6.07, 6.45) is 1.76. The van der Waals surface area contributed by atoms with Crippen LogP contribution in [0, 0.1) is 13.8 Å². The average Bonchev–Trinajstić information content (AvgIpc) is 2.67. The highest BCUT2D eigenvalue weighted by molar-refractivity contribution is 5.95. The SMILES string of the molecule is Cc1cc(C(=O)NN)c(C)n1Cc1ccccn1. The molecule has 0 bridgehead atoms. The van der Waals surface area contributed by atoms with Gasteiger partial charge >= 0.3 is 0 Å². The number of nitrogens with one attached hydrogen (secondary N) is 1. The summed E-state index contributed by atoms with van der Waals surface area (Å²) in [4.78, 5) is 15.9. The molecule has 2 heterocycles. The lowest BCUT2D eigenvalue weighted by atomic mass is 10.2. The highest BCUT2D eigenvalue weighted by atomic mass is 16.2. The van der Waals surface area contributed by atoms with Gasteiger partial charge in [0.1, 0.15) is 0 Å². The van der Waals surface area contributed by atoms with E-state index in [9.17, 15) is 4.79 Å². The number of amides is 1. The molecular formula is C13H16N4O. The smallest absolute Gasteiger partial charge is 0.267 e. The summed E-state index contributed by atoms with van der Waals surface area (Å²) in [5.74, 6) is 4.90.